The van der Waals surface area contributed by atoms with E-state index in [9.17, 15) is 4.79 Å². The first-order chi connectivity index (χ1) is 11.2. The van der Waals surface area contributed by atoms with Crippen LogP contribution in [0.4, 0.5) is 0 Å². The number of allylic oxidation sites excluding steroid dienone is 1. The Morgan fingerprint density at radius 1 is 1.00 bits per heavy atom. The summed E-state index contributed by atoms with van der Waals surface area (Å²) < 4.78 is 15.7. The van der Waals surface area contributed by atoms with Gasteiger partial charge in [0.25, 0.3) is 0 Å². The minimum absolute atomic E-state index is 0.105. The van der Waals surface area contributed by atoms with Crippen LogP contribution in [0.5, 0.6) is 11.5 Å². The molecule has 0 amide bonds. The molecule has 0 aliphatic carbocycles. The molecule has 0 fully saturated rings. The van der Waals surface area contributed by atoms with Crippen LogP contribution < -0.4 is 9.47 Å². The van der Waals surface area contributed by atoms with Crippen LogP contribution in [-0.2, 0) is 11.3 Å². The van der Waals surface area contributed by atoms with E-state index in [1.165, 1.54) is 6.08 Å². The topological polar surface area (TPSA) is 44.8 Å². The minimum atomic E-state index is -0.105. The average molecular weight is 312 g/mol. The lowest BCUT2D eigenvalue weighted by molar-refractivity contribution is 0.104. The van der Waals surface area contributed by atoms with Gasteiger partial charge in [-0.05, 0) is 35.9 Å². The molecule has 4 nitrogen and oxygen atoms in total. The molecule has 0 saturated heterocycles. The van der Waals surface area contributed by atoms with Crippen LogP contribution >= 0.6 is 0 Å². The summed E-state index contributed by atoms with van der Waals surface area (Å²) in [6.45, 7) is 0.450. The number of benzene rings is 2. The molecule has 0 aliphatic heterocycles. The lowest BCUT2D eigenvalue weighted by Crippen LogP contribution is -1.98. The molecule has 4 heteroatoms. The molecule has 0 heterocycles. The van der Waals surface area contributed by atoms with Gasteiger partial charge in [0.1, 0.15) is 11.5 Å². The lowest BCUT2D eigenvalue weighted by Gasteiger charge is -2.08. The van der Waals surface area contributed by atoms with Crippen molar-refractivity contribution in [2.45, 2.75) is 6.61 Å². The smallest absolute Gasteiger partial charge is 0.189 e. The predicted octanol–water partition coefficient (Wildman–Crippen LogP) is 3.75. The fourth-order valence-corrected chi connectivity index (χ4v) is 2.28. The zero-order valence-corrected chi connectivity index (χ0v) is 13.5. The number of methoxy groups -OCH3 is 3. The molecule has 0 aliphatic rings. The lowest BCUT2D eigenvalue weighted by atomic mass is 10.1. The third-order valence-corrected chi connectivity index (χ3v) is 3.40. The zero-order chi connectivity index (χ0) is 16.7. The maximum atomic E-state index is 12.3. The minimum Gasteiger partial charge on any atom is -0.496 e. The van der Waals surface area contributed by atoms with Gasteiger partial charge in [0.2, 0.25) is 0 Å². The van der Waals surface area contributed by atoms with Crippen LogP contribution in [0.25, 0.3) is 6.08 Å². The first-order valence-electron chi connectivity index (χ1n) is 7.21. The van der Waals surface area contributed by atoms with Gasteiger partial charge in [-0.3, -0.25) is 4.79 Å². The van der Waals surface area contributed by atoms with Crippen LogP contribution in [0.15, 0.2) is 48.5 Å². The van der Waals surface area contributed by atoms with Crippen molar-refractivity contribution in [1.29, 1.82) is 0 Å². The highest BCUT2D eigenvalue weighted by molar-refractivity contribution is 6.08. The van der Waals surface area contributed by atoms with Gasteiger partial charge in [-0.25, -0.2) is 0 Å². The second kappa shape index (κ2) is 8.15. The van der Waals surface area contributed by atoms with Gasteiger partial charge < -0.3 is 14.2 Å². The maximum Gasteiger partial charge on any atom is 0.189 e. The molecule has 2 aromatic rings. The summed E-state index contributed by atoms with van der Waals surface area (Å²) in [7, 11) is 4.80. The number of carbonyl (C=O) groups is 1. The fraction of sp³-hybridized carbons (Fsp3) is 0.211. The van der Waals surface area contributed by atoms with Crippen molar-refractivity contribution in [3.05, 3.63) is 65.2 Å². The normalized spacial score (nSPS) is 10.7. The van der Waals surface area contributed by atoms with Gasteiger partial charge in [-0.2, -0.15) is 0 Å². The number of hydrogen-bond donors (Lipinski definition) is 0. The van der Waals surface area contributed by atoms with Crippen LogP contribution in [0.3, 0.4) is 0 Å². The number of para-hydroxylation sites is 1. The molecule has 0 bridgehead atoms. The Balaban J connectivity index is 2.22. The first-order valence-corrected chi connectivity index (χ1v) is 7.21. The molecule has 23 heavy (non-hydrogen) atoms. The van der Waals surface area contributed by atoms with Crippen LogP contribution in [0.1, 0.15) is 21.5 Å². The first kappa shape index (κ1) is 16.8. The second-order valence-corrected chi connectivity index (χ2v) is 4.90. The molecular formula is C19H20O4. The zero-order valence-electron chi connectivity index (χ0n) is 13.5. The van der Waals surface area contributed by atoms with E-state index in [0.717, 1.165) is 16.9 Å². The molecule has 2 rings (SSSR count). The fourth-order valence-electron chi connectivity index (χ4n) is 2.28. The van der Waals surface area contributed by atoms with Gasteiger partial charge in [0.05, 0.1) is 26.4 Å². The van der Waals surface area contributed by atoms with E-state index in [4.69, 9.17) is 14.2 Å². The van der Waals surface area contributed by atoms with Crippen molar-refractivity contribution in [1.82, 2.24) is 0 Å². The molecule has 0 aromatic heterocycles. The molecular weight excluding hydrogens is 292 g/mol. The summed E-state index contributed by atoms with van der Waals surface area (Å²) in [6.07, 6.45) is 3.31. The molecule has 0 N–H and O–H groups in total. The Labute approximate surface area is 136 Å². The van der Waals surface area contributed by atoms with Crippen molar-refractivity contribution < 1.29 is 19.0 Å². The van der Waals surface area contributed by atoms with E-state index in [1.54, 1.807) is 39.5 Å². The predicted molar refractivity (Wildman–Crippen MR) is 90.1 cm³/mol. The Morgan fingerprint density at radius 3 is 2.43 bits per heavy atom. The molecule has 0 spiro atoms. The Morgan fingerprint density at radius 2 is 1.74 bits per heavy atom. The van der Waals surface area contributed by atoms with Gasteiger partial charge in [0.15, 0.2) is 5.78 Å². The Hall–Kier alpha value is -2.59. The standard InChI is InChI=1S/C19H20O4/c1-21-13-15-12-14(9-11-18(15)22-2)8-10-17(20)16-6-4-5-7-19(16)23-3/h4-12H,13H2,1-3H3/b10-8+. The van der Waals surface area contributed by atoms with Crippen LogP contribution in [0, 0.1) is 0 Å². The van der Waals surface area contributed by atoms with Crippen molar-refractivity contribution in [3.63, 3.8) is 0 Å². The number of ketones is 1. The van der Waals surface area contributed by atoms with Crippen LogP contribution in [0.2, 0.25) is 0 Å². The monoisotopic (exact) mass is 312 g/mol. The second-order valence-electron chi connectivity index (χ2n) is 4.90. The van der Waals surface area contributed by atoms with Crippen molar-refractivity contribution in [2.75, 3.05) is 21.3 Å². The Bertz CT molecular complexity index is 704. The van der Waals surface area contributed by atoms with Crippen LogP contribution in [-0.4, -0.2) is 27.1 Å². The van der Waals surface area contributed by atoms with Gasteiger partial charge in [0, 0.05) is 12.7 Å². The highest BCUT2D eigenvalue weighted by Crippen LogP contribution is 2.22. The summed E-state index contributed by atoms with van der Waals surface area (Å²) >= 11 is 0. The summed E-state index contributed by atoms with van der Waals surface area (Å²) in [4.78, 5) is 12.3. The summed E-state index contributed by atoms with van der Waals surface area (Å²) in [5.74, 6) is 1.23. The SMILES string of the molecule is COCc1cc(/C=C/C(=O)c2ccccc2OC)ccc1OC. The van der Waals surface area contributed by atoms with E-state index in [1.807, 2.05) is 30.3 Å². The number of carbonyl (C=O) groups excluding carboxylic acids is 1. The summed E-state index contributed by atoms with van der Waals surface area (Å²) in [5, 5.41) is 0. The maximum absolute atomic E-state index is 12.3. The van der Waals surface area contributed by atoms with Gasteiger partial charge >= 0.3 is 0 Å². The van der Waals surface area contributed by atoms with Crippen molar-refractivity contribution in [3.8, 4) is 11.5 Å². The molecule has 120 valence electrons. The van der Waals surface area contributed by atoms with Gasteiger partial charge in [-0.1, -0.05) is 24.3 Å². The van der Waals surface area contributed by atoms with E-state index in [2.05, 4.69) is 0 Å². The van der Waals surface area contributed by atoms with Crippen molar-refractivity contribution >= 4 is 11.9 Å². The van der Waals surface area contributed by atoms with E-state index in [0.29, 0.717) is 17.9 Å². The molecule has 0 radical (unpaired) electrons. The molecule has 0 unspecified atom stereocenters. The quantitative estimate of drug-likeness (QED) is 0.577. The highest BCUT2D eigenvalue weighted by Gasteiger charge is 2.08. The third-order valence-electron chi connectivity index (χ3n) is 3.40. The molecule has 2 aromatic carbocycles. The Kier molecular flexibility index (Phi) is 5.94. The summed E-state index contributed by atoms with van der Waals surface area (Å²) in [6, 6.07) is 12.9. The average Bonchev–Trinajstić information content (AvgIpc) is 2.60. The molecule has 0 atom stereocenters. The largest absolute Gasteiger partial charge is 0.496 e. The van der Waals surface area contributed by atoms with Crippen molar-refractivity contribution in [2.24, 2.45) is 0 Å². The van der Waals surface area contributed by atoms with E-state index in [-0.39, 0.29) is 5.78 Å². The third kappa shape index (κ3) is 4.20. The number of hydrogen-bond acceptors (Lipinski definition) is 4. The molecule has 0 saturated carbocycles. The highest BCUT2D eigenvalue weighted by atomic mass is 16.5. The van der Waals surface area contributed by atoms with Gasteiger partial charge in [-0.15, -0.1) is 0 Å². The number of ether oxygens (including phenoxy) is 3. The summed E-state index contributed by atoms with van der Waals surface area (Å²) in [5.41, 5.74) is 2.37. The van der Waals surface area contributed by atoms with E-state index >= 15 is 0 Å². The number of rotatable bonds is 7. The van der Waals surface area contributed by atoms with E-state index < -0.39 is 0 Å².